The predicted octanol–water partition coefficient (Wildman–Crippen LogP) is 23.0. The maximum Gasteiger partial charge on any atom is 0.135 e. The van der Waals surface area contributed by atoms with E-state index >= 15 is 0 Å². The van der Waals surface area contributed by atoms with E-state index in [1.807, 2.05) is 12.1 Å². The van der Waals surface area contributed by atoms with Crippen molar-refractivity contribution < 1.29 is 4.42 Å². The van der Waals surface area contributed by atoms with E-state index in [0.29, 0.717) is 0 Å². The average molecular weight is 1120 g/mol. The van der Waals surface area contributed by atoms with Crippen molar-refractivity contribution >= 4 is 93.1 Å². The number of para-hydroxylation sites is 2. The van der Waals surface area contributed by atoms with Crippen LogP contribution in [0.5, 0.6) is 0 Å². The van der Waals surface area contributed by atoms with Gasteiger partial charge in [0.05, 0.1) is 16.4 Å². The summed E-state index contributed by atoms with van der Waals surface area (Å²) < 4.78 is 8.66. The molecule has 0 amide bonds. The Kier molecular flexibility index (Phi) is 11.2. The zero-order valence-corrected chi connectivity index (χ0v) is 48.0. The molecule has 2 heterocycles. The van der Waals surface area contributed by atoms with Gasteiger partial charge in [0, 0.05) is 44.3 Å². The van der Waals surface area contributed by atoms with Crippen LogP contribution in [0.25, 0.3) is 126 Å². The Balaban J connectivity index is 0.769. The van der Waals surface area contributed by atoms with Gasteiger partial charge in [0.1, 0.15) is 11.2 Å². The fraction of sp³-hybridized carbons (Fsp3) is 0.0118. The third-order valence-corrected chi connectivity index (χ3v) is 18.9. The molecule has 18 rings (SSSR count). The van der Waals surface area contributed by atoms with Crippen molar-refractivity contribution in [2.75, 3.05) is 4.90 Å². The predicted molar refractivity (Wildman–Crippen MR) is 369 cm³/mol. The minimum atomic E-state index is -0.519. The van der Waals surface area contributed by atoms with Gasteiger partial charge in [0.2, 0.25) is 0 Å². The third-order valence-electron chi connectivity index (χ3n) is 18.9. The number of rotatable bonds is 9. The van der Waals surface area contributed by atoms with E-state index in [1.165, 1.54) is 93.2 Å². The molecule has 410 valence electrons. The van der Waals surface area contributed by atoms with Gasteiger partial charge in [-0.05, 0) is 190 Å². The van der Waals surface area contributed by atoms with Crippen molar-refractivity contribution in [2.45, 2.75) is 5.41 Å². The zero-order chi connectivity index (χ0) is 57.9. The van der Waals surface area contributed by atoms with Gasteiger partial charge < -0.3 is 13.9 Å². The van der Waals surface area contributed by atoms with Crippen LogP contribution in [0.3, 0.4) is 0 Å². The van der Waals surface area contributed by atoms with Crippen molar-refractivity contribution in [3.05, 3.63) is 350 Å². The van der Waals surface area contributed by atoms with E-state index in [2.05, 4.69) is 325 Å². The van der Waals surface area contributed by atoms with Crippen molar-refractivity contribution in [3.8, 4) is 50.2 Å². The van der Waals surface area contributed by atoms with Gasteiger partial charge in [0.15, 0.2) is 0 Å². The fourth-order valence-corrected chi connectivity index (χ4v) is 14.9. The van der Waals surface area contributed by atoms with Gasteiger partial charge in [-0.3, -0.25) is 0 Å². The van der Waals surface area contributed by atoms with E-state index in [0.717, 1.165) is 72.4 Å². The number of fused-ring (bicyclic) bond motifs is 15. The molecule has 0 saturated heterocycles. The summed E-state index contributed by atoms with van der Waals surface area (Å²) in [6.45, 7) is 0. The minimum Gasteiger partial charge on any atom is -0.456 e. The summed E-state index contributed by atoms with van der Waals surface area (Å²) >= 11 is 0. The molecule has 2 aromatic heterocycles. The third kappa shape index (κ3) is 7.64. The molecule has 1 aliphatic carbocycles. The summed E-state index contributed by atoms with van der Waals surface area (Å²) in [5.41, 5.74) is 22.6. The van der Waals surface area contributed by atoms with Crippen molar-refractivity contribution in [3.63, 3.8) is 0 Å². The molecule has 0 atom stereocenters. The Morgan fingerprint density at radius 2 is 0.682 bits per heavy atom. The molecule has 3 nitrogen and oxygen atoms in total. The second-order valence-electron chi connectivity index (χ2n) is 23.5. The molecule has 0 radical (unpaired) electrons. The van der Waals surface area contributed by atoms with Crippen LogP contribution in [-0.2, 0) is 5.41 Å². The highest BCUT2D eigenvalue weighted by atomic mass is 16.3. The Morgan fingerprint density at radius 1 is 0.250 bits per heavy atom. The van der Waals surface area contributed by atoms with Gasteiger partial charge in [-0.1, -0.05) is 237 Å². The second kappa shape index (κ2) is 19.8. The average Bonchev–Trinajstić information content (AvgIpc) is 1.56. The van der Waals surface area contributed by atoms with E-state index in [1.54, 1.807) is 0 Å². The Hall–Kier alpha value is -11.5. The number of furan rings is 1. The first-order chi connectivity index (χ1) is 43.6. The molecule has 0 aliphatic heterocycles. The van der Waals surface area contributed by atoms with Crippen LogP contribution >= 0.6 is 0 Å². The fourth-order valence-electron chi connectivity index (χ4n) is 14.9. The van der Waals surface area contributed by atoms with Crippen molar-refractivity contribution in [2.24, 2.45) is 0 Å². The van der Waals surface area contributed by atoms with Crippen LogP contribution in [0.1, 0.15) is 22.3 Å². The molecule has 1 aliphatic rings. The summed E-state index contributed by atoms with van der Waals surface area (Å²) in [4.78, 5) is 2.41. The number of nitrogens with zero attached hydrogens (tertiary/aromatic N) is 2. The van der Waals surface area contributed by atoms with Gasteiger partial charge in [0.25, 0.3) is 0 Å². The lowest BCUT2D eigenvalue weighted by Crippen LogP contribution is -2.28. The molecule has 0 unspecified atom stereocenters. The van der Waals surface area contributed by atoms with Crippen LogP contribution in [0.15, 0.2) is 332 Å². The summed E-state index contributed by atoms with van der Waals surface area (Å²) in [6.07, 6.45) is 0. The molecule has 0 saturated carbocycles. The molecule has 0 N–H and O–H groups in total. The van der Waals surface area contributed by atoms with Crippen LogP contribution in [0.2, 0.25) is 0 Å². The summed E-state index contributed by atoms with van der Waals surface area (Å²) in [7, 11) is 0. The monoisotopic (exact) mass is 1120 g/mol. The van der Waals surface area contributed by atoms with Crippen molar-refractivity contribution in [1.82, 2.24) is 4.57 Å². The molecular weight excluding hydrogens is 1060 g/mol. The van der Waals surface area contributed by atoms with Gasteiger partial charge >= 0.3 is 0 Å². The highest BCUT2D eigenvalue weighted by molar-refractivity contribution is 6.26. The molecule has 0 fully saturated rings. The largest absolute Gasteiger partial charge is 0.456 e. The quantitative estimate of drug-likeness (QED) is 0.134. The Labute approximate surface area is 509 Å². The summed E-state index contributed by atoms with van der Waals surface area (Å²) in [5, 5.41) is 12.2. The number of hydrogen-bond acceptors (Lipinski definition) is 2. The van der Waals surface area contributed by atoms with Crippen LogP contribution in [0.4, 0.5) is 17.1 Å². The second-order valence-corrected chi connectivity index (χ2v) is 23.5. The molecule has 0 spiro atoms. The highest BCUT2D eigenvalue weighted by Crippen LogP contribution is 2.57. The molecule has 3 heteroatoms. The van der Waals surface area contributed by atoms with E-state index < -0.39 is 5.41 Å². The summed E-state index contributed by atoms with van der Waals surface area (Å²) in [5.74, 6) is 0. The number of benzene rings is 15. The first-order valence-corrected chi connectivity index (χ1v) is 30.4. The Morgan fingerprint density at radius 3 is 1.30 bits per heavy atom. The molecule has 15 aromatic carbocycles. The van der Waals surface area contributed by atoms with Crippen LogP contribution in [-0.4, -0.2) is 4.57 Å². The highest BCUT2D eigenvalue weighted by Gasteiger charge is 2.46. The number of hydrogen-bond donors (Lipinski definition) is 0. The van der Waals surface area contributed by atoms with Crippen LogP contribution in [0, 0.1) is 0 Å². The lowest BCUT2D eigenvalue weighted by molar-refractivity contribution is 0.669. The van der Waals surface area contributed by atoms with Gasteiger partial charge in [-0.25, -0.2) is 0 Å². The lowest BCUT2D eigenvalue weighted by Gasteiger charge is -2.35. The molecule has 0 bridgehead atoms. The normalized spacial score (nSPS) is 12.6. The topological polar surface area (TPSA) is 21.3 Å². The molecular formula is C85H54N2O. The standard InChI is InChI=1S/C85H54N2O/c1-4-18-61(19-5-1)85(62-20-6-2-7-21-62)79-30-16-14-28-72(79)73-46-44-66(54-80(73)85)86(63-22-8-3-9-23-63)64-41-36-57(37-42-64)59-39-48-82-77(51-59)76-50-58(55-32-34-56(35-33-55)60-40-49-84-78(52-60)74-29-15-17-31-83(74)88-84)38-47-81(76)87(82)65-43-45-71-69-26-11-10-24-67(69)68-25-12-13-27-70(68)75(71)53-65/h1-54H. The summed E-state index contributed by atoms with van der Waals surface area (Å²) in [6, 6.07) is 121. The van der Waals surface area contributed by atoms with Gasteiger partial charge in [-0.2, -0.15) is 0 Å². The zero-order valence-electron chi connectivity index (χ0n) is 48.0. The minimum absolute atomic E-state index is 0.519. The SMILES string of the molecule is c1ccc(N(c2ccc(-c3ccc4c(c3)c3cc(-c5ccc(-c6ccc7oc8ccccc8c7c6)cc5)ccc3n4-c3ccc4c5ccccc5c5ccccc5c4c3)cc2)c2ccc3c(c2)C(c2ccccc2)(c2ccccc2)c2ccccc2-3)cc1. The van der Waals surface area contributed by atoms with Crippen molar-refractivity contribution in [1.29, 1.82) is 0 Å². The number of anilines is 3. The van der Waals surface area contributed by atoms with E-state index in [4.69, 9.17) is 4.42 Å². The number of aromatic nitrogens is 1. The smallest absolute Gasteiger partial charge is 0.135 e. The Bertz CT molecular complexity index is 5530. The van der Waals surface area contributed by atoms with Gasteiger partial charge in [-0.15, -0.1) is 0 Å². The maximum atomic E-state index is 6.19. The van der Waals surface area contributed by atoms with E-state index in [9.17, 15) is 0 Å². The van der Waals surface area contributed by atoms with Crippen LogP contribution < -0.4 is 4.90 Å². The maximum absolute atomic E-state index is 6.19. The first-order valence-electron chi connectivity index (χ1n) is 30.4. The molecule has 88 heavy (non-hydrogen) atoms. The van der Waals surface area contributed by atoms with E-state index in [-0.39, 0.29) is 0 Å². The lowest BCUT2D eigenvalue weighted by atomic mass is 9.67. The molecule has 17 aromatic rings. The first kappa shape index (κ1) is 49.9.